The Labute approximate surface area is 115 Å². The van der Waals surface area contributed by atoms with Crippen LogP contribution in [0.15, 0.2) is 36.4 Å². The van der Waals surface area contributed by atoms with Crippen molar-refractivity contribution < 1.29 is 24.1 Å². The summed E-state index contributed by atoms with van der Waals surface area (Å²) in [6.07, 6.45) is 0. The fourth-order valence-electron chi connectivity index (χ4n) is 1.97. The highest BCUT2D eigenvalue weighted by molar-refractivity contribution is 5.91. The van der Waals surface area contributed by atoms with Gasteiger partial charge in [-0.2, -0.15) is 0 Å². The zero-order valence-electron chi connectivity index (χ0n) is 10.8. The molecule has 0 aromatic heterocycles. The van der Waals surface area contributed by atoms with Gasteiger partial charge in [0.2, 0.25) is 6.79 Å². The molecule has 1 N–H and O–H groups in total. The van der Waals surface area contributed by atoms with Crippen LogP contribution in [0.5, 0.6) is 23.0 Å². The normalized spacial score (nSPS) is 12.2. The number of hydrogen-bond donors (Lipinski definition) is 1. The van der Waals surface area contributed by atoms with Gasteiger partial charge in [-0.25, -0.2) is 4.79 Å². The standard InChI is InChI=1S/C15H12O5/c1-9-2-4-12(11(6-9)15(16)17)20-10-3-5-13-14(7-10)19-8-18-13/h2-7H,8H2,1H3,(H,16,17). The SMILES string of the molecule is Cc1ccc(Oc2ccc3c(c2)OCO3)c(C(=O)O)c1. The lowest BCUT2D eigenvalue weighted by atomic mass is 10.1. The predicted octanol–water partition coefficient (Wildman–Crippen LogP) is 3.21. The predicted molar refractivity (Wildman–Crippen MR) is 70.8 cm³/mol. The van der Waals surface area contributed by atoms with Crippen molar-refractivity contribution in [3.05, 3.63) is 47.5 Å². The maximum absolute atomic E-state index is 11.2. The Hall–Kier alpha value is -2.69. The average molecular weight is 272 g/mol. The van der Waals surface area contributed by atoms with Crippen LogP contribution in [0.3, 0.4) is 0 Å². The van der Waals surface area contributed by atoms with Crippen molar-refractivity contribution in [1.29, 1.82) is 0 Å². The Balaban J connectivity index is 1.93. The topological polar surface area (TPSA) is 65.0 Å². The van der Waals surface area contributed by atoms with Crippen molar-refractivity contribution in [1.82, 2.24) is 0 Å². The summed E-state index contributed by atoms with van der Waals surface area (Å²) in [6.45, 7) is 2.01. The molecular formula is C15H12O5. The first kappa shape index (κ1) is 12.3. The van der Waals surface area contributed by atoms with Crippen LogP contribution in [-0.2, 0) is 0 Å². The van der Waals surface area contributed by atoms with E-state index in [4.69, 9.17) is 14.2 Å². The van der Waals surface area contributed by atoms with Gasteiger partial charge in [0.05, 0.1) is 0 Å². The van der Waals surface area contributed by atoms with Crippen molar-refractivity contribution in [3.63, 3.8) is 0 Å². The third-order valence-electron chi connectivity index (χ3n) is 2.94. The van der Waals surface area contributed by atoms with E-state index in [9.17, 15) is 9.90 Å². The lowest BCUT2D eigenvalue weighted by Gasteiger charge is -2.10. The Morgan fingerprint density at radius 3 is 2.75 bits per heavy atom. The summed E-state index contributed by atoms with van der Waals surface area (Å²) >= 11 is 0. The highest BCUT2D eigenvalue weighted by atomic mass is 16.7. The minimum atomic E-state index is -1.02. The van der Waals surface area contributed by atoms with Gasteiger partial charge >= 0.3 is 5.97 Å². The summed E-state index contributed by atoms with van der Waals surface area (Å²) < 4.78 is 16.1. The number of carbonyl (C=O) groups is 1. The Bertz CT molecular complexity index is 678. The molecular weight excluding hydrogens is 260 g/mol. The molecule has 5 heteroatoms. The van der Waals surface area contributed by atoms with E-state index in [2.05, 4.69) is 0 Å². The smallest absolute Gasteiger partial charge is 0.339 e. The minimum Gasteiger partial charge on any atom is -0.478 e. The Morgan fingerprint density at radius 1 is 1.15 bits per heavy atom. The van der Waals surface area contributed by atoms with Gasteiger partial charge in [0.25, 0.3) is 0 Å². The molecule has 0 atom stereocenters. The number of aromatic carboxylic acids is 1. The van der Waals surface area contributed by atoms with E-state index in [1.807, 2.05) is 6.92 Å². The number of hydrogen-bond acceptors (Lipinski definition) is 4. The monoisotopic (exact) mass is 272 g/mol. The summed E-state index contributed by atoms with van der Waals surface area (Å²) in [5.74, 6) is 1.01. The van der Waals surface area contributed by atoms with Gasteiger partial charge in [0.1, 0.15) is 17.1 Å². The minimum absolute atomic E-state index is 0.127. The molecule has 3 rings (SSSR count). The van der Waals surface area contributed by atoms with Crippen LogP contribution in [0.25, 0.3) is 0 Å². The number of carboxylic acid groups (broad SMARTS) is 1. The zero-order chi connectivity index (χ0) is 14.1. The molecule has 1 heterocycles. The van der Waals surface area contributed by atoms with Gasteiger partial charge in [-0.1, -0.05) is 11.6 Å². The van der Waals surface area contributed by atoms with E-state index >= 15 is 0 Å². The highest BCUT2D eigenvalue weighted by Crippen LogP contribution is 2.37. The lowest BCUT2D eigenvalue weighted by Crippen LogP contribution is -2.00. The molecule has 5 nitrogen and oxygen atoms in total. The molecule has 0 spiro atoms. The molecule has 0 amide bonds. The number of ether oxygens (including phenoxy) is 3. The molecule has 0 saturated carbocycles. The molecule has 0 radical (unpaired) electrons. The average Bonchev–Trinajstić information content (AvgIpc) is 2.88. The zero-order valence-corrected chi connectivity index (χ0v) is 10.8. The van der Waals surface area contributed by atoms with Crippen LogP contribution in [0.1, 0.15) is 15.9 Å². The Morgan fingerprint density at radius 2 is 1.95 bits per heavy atom. The quantitative estimate of drug-likeness (QED) is 0.929. The van der Waals surface area contributed by atoms with Crippen LogP contribution in [0, 0.1) is 6.92 Å². The summed E-state index contributed by atoms with van der Waals surface area (Å²) in [4.78, 5) is 11.2. The van der Waals surface area contributed by atoms with Crippen molar-refractivity contribution in [2.24, 2.45) is 0 Å². The number of aryl methyl sites for hydroxylation is 1. The van der Waals surface area contributed by atoms with E-state index in [0.717, 1.165) is 5.56 Å². The van der Waals surface area contributed by atoms with Crippen LogP contribution in [0.2, 0.25) is 0 Å². The lowest BCUT2D eigenvalue weighted by molar-refractivity contribution is 0.0694. The van der Waals surface area contributed by atoms with E-state index in [-0.39, 0.29) is 12.4 Å². The maximum atomic E-state index is 11.2. The second-order valence-electron chi connectivity index (χ2n) is 4.42. The number of carboxylic acids is 1. The van der Waals surface area contributed by atoms with Gasteiger partial charge in [-0.05, 0) is 31.2 Å². The summed E-state index contributed by atoms with van der Waals surface area (Å²) in [5.41, 5.74) is 0.989. The molecule has 20 heavy (non-hydrogen) atoms. The summed E-state index contributed by atoms with van der Waals surface area (Å²) in [5, 5.41) is 9.20. The molecule has 2 aromatic carbocycles. The molecule has 2 aromatic rings. The summed E-state index contributed by atoms with van der Waals surface area (Å²) in [7, 11) is 0. The van der Waals surface area contributed by atoms with E-state index in [0.29, 0.717) is 23.0 Å². The van der Waals surface area contributed by atoms with Crippen molar-refractivity contribution in [2.45, 2.75) is 6.92 Å². The fourth-order valence-corrected chi connectivity index (χ4v) is 1.97. The maximum Gasteiger partial charge on any atom is 0.339 e. The van der Waals surface area contributed by atoms with Crippen LogP contribution >= 0.6 is 0 Å². The number of benzene rings is 2. The van der Waals surface area contributed by atoms with Gasteiger partial charge in [-0.15, -0.1) is 0 Å². The van der Waals surface area contributed by atoms with E-state index in [1.165, 1.54) is 0 Å². The van der Waals surface area contributed by atoms with Crippen molar-refractivity contribution in [3.8, 4) is 23.0 Å². The van der Waals surface area contributed by atoms with E-state index in [1.54, 1.807) is 36.4 Å². The molecule has 0 fully saturated rings. The van der Waals surface area contributed by atoms with Crippen LogP contribution in [0.4, 0.5) is 0 Å². The van der Waals surface area contributed by atoms with E-state index < -0.39 is 5.97 Å². The molecule has 0 unspecified atom stereocenters. The fraction of sp³-hybridized carbons (Fsp3) is 0.133. The first-order valence-electron chi connectivity index (χ1n) is 6.05. The first-order valence-corrected chi connectivity index (χ1v) is 6.05. The summed E-state index contributed by atoms with van der Waals surface area (Å²) in [6, 6.07) is 10.1. The van der Waals surface area contributed by atoms with Crippen LogP contribution in [-0.4, -0.2) is 17.9 Å². The molecule has 0 aliphatic carbocycles. The third-order valence-corrected chi connectivity index (χ3v) is 2.94. The largest absolute Gasteiger partial charge is 0.478 e. The van der Waals surface area contributed by atoms with Crippen LogP contribution < -0.4 is 14.2 Å². The molecule has 102 valence electrons. The molecule has 0 bridgehead atoms. The third kappa shape index (κ3) is 2.25. The second kappa shape index (κ2) is 4.77. The first-order chi connectivity index (χ1) is 9.63. The van der Waals surface area contributed by atoms with Crippen molar-refractivity contribution in [2.75, 3.05) is 6.79 Å². The molecule has 1 aliphatic heterocycles. The number of rotatable bonds is 3. The van der Waals surface area contributed by atoms with Gasteiger partial charge in [-0.3, -0.25) is 0 Å². The van der Waals surface area contributed by atoms with Gasteiger partial charge < -0.3 is 19.3 Å². The van der Waals surface area contributed by atoms with Gasteiger partial charge in [0.15, 0.2) is 11.5 Å². The highest BCUT2D eigenvalue weighted by Gasteiger charge is 2.16. The molecule has 1 aliphatic rings. The Kier molecular flexibility index (Phi) is 2.95. The molecule has 0 saturated heterocycles. The number of fused-ring (bicyclic) bond motifs is 1. The second-order valence-corrected chi connectivity index (χ2v) is 4.42. The van der Waals surface area contributed by atoms with Crippen molar-refractivity contribution >= 4 is 5.97 Å². The van der Waals surface area contributed by atoms with Gasteiger partial charge in [0, 0.05) is 6.07 Å².